The summed E-state index contributed by atoms with van der Waals surface area (Å²) in [5.74, 6) is 3.33. The quantitative estimate of drug-likeness (QED) is 0.562. The summed E-state index contributed by atoms with van der Waals surface area (Å²) in [7, 11) is -1.51. The Bertz CT molecular complexity index is 384. The zero-order chi connectivity index (χ0) is 12.9. The van der Waals surface area contributed by atoms with E-state index < -0.39 is 8.32 Å². The number of hydrogen-bond donors (Lipinski definition) is 0. The fraction of sp³-hybridized carbons (Fsp3) is 0.467. The van der Waals surface area contributed by atoms with Gasteiger partial charge in [-0.05, 0) is 42.8 Å². The van der Waals surface area contributed by atoms with Crippen LogP contribution in [0.2, 0.25) is 19.1 Å². The maximum absolute atomic E-state index is 6.09. The second-order valence-corrected chi connectivity index (χ2v) is 9.70. The molecular formula is C15H22OSi. The van der Waals surface area contributed by atoms with Crippen LogP contribution in [0.4, 0.5) is 0 Å². The highest BCUT2D eigenvalue weighted by Gasteiger charge is 2.23. The predicted molar refractivity (Wildman–Crippen MR) is 76.3 cm³/mol. The van der Waals surface area contributed by atoms with Crippen LogP contribution in [0, 0.1) is 18.3 Å². The van der Waals surface area contributed by atoms with Crippen LogP contribution >= 0.6 is 0 Å². The Kier molecular flexibility index (Phi) is 4.98. The number of hydrogen-bond acceptors (Lipinski definition) is 1. The summed E-state index contributed by atoms with van der Waals surface area (Å²) in [6.45, 7) is 9.77. The van der Waals surface area contributed by atoms with Crippen LogP contribution in [0.1, 0.15) is 25.0 Å². The highest BCUT2D eigenvalue weighted by Crippen LogP contribution is 2.19. The van der Waals surface area contributed by atoms with E-state index in [2.05, 4.69) is 45.0 Å². The van der Waals surface area contributed by atoms with Crippen LogP contribution in [-0.2, 0) is 11.0 Å². The second kappa shape index (κ2) is 6.04. The van der Waals surface area contributed by atoms with Gasteiger partial charge < -0.3 is 4.43 Å². The Morgan fingerprint density at radius 2 is 1.82 bits per heavy atom. The molecule has 1 rings (SSSR count). The molecular weight excluding hydrogens is 224 g/mol. The molecule has 0 fully saturated rings. The van der Waals surface area contributed by atoms with E-state index in [1.54, 1.807) is 0 Å². The molecule has 0 aromatic heterocycles. The molecule has 0 heterocycles. The van der Waals surface area contributed by atoms with Gasteiger partial charge >= 0.3 is 0 Å². The first-order valence-corrected chi connectivity index (χ1v) is 9.24. The Labute approximate surface area is 106 Å². The highest BCUT2D eigenvalue weighted by atomic mass is 28.4. The number of terminal acetylenes is 1. The first kappa shape index (κ1) is 14.0. The fourth-order valence-electron chi connectivity index (χ4n) is 2.02. The molecule has 0 aliphatic rings. The van der Waals surface area contributed by atoms with Crippen molar-refractivity contribution in [2.24, 2.45) is 5.92 Å². The maximum Gasteiger partial charge on any atom is 0.187 e. The lowest BCUT2D eigenvalue weighted by Crippen LogP contribution is -2.31. The smallest absolute Gasteiger partial charge is 0.187 e. The highest BCUT2D eigenvalue weighted by molar-refractivity contribution is 6.71. The SMILES string of the molecule is C#Cc1ccc(CO[Si](C)(C)CC(C)C)cc1. The second-order valence-electron chi connectivity index (χ2n) is 5.49. The minimum atomic E-state index is -1.51. The Morgan fingerprint density at radius 1 is 1.24 bits per heavy atom. The molecule has 0 saturated heterocycles. The molecule has 0 N–H and O–H groups in total. The van der Waals surface area contributed by atoms with Gasteiger partial charge in [0.1, 0.15) is 0 Å². The van der Waals surface area contributed by atoms with Gasteiger partial charge in [-0.3, -0.25) is 0 Å². The third-order valence-electron chi connectivity index (χ3n) is 2.65. The zero-order valence-corrected chi connectivity index (χ0v) is 12.3. The lowest BCUT2D eigenvalue weighted by atomic mass is 10.1. The summed E-state index contributed by atoms with van der Waals surface area (Å²) in [5, 5.41) is 0. The molecule has 0 atom stereocenters. The average Bonchev–Trinajstić information content (AvgIpc) is 2.25. The number of benzene rings is 1. The molecule has 0 unspecified atom stereocenters. The van der Waals surface area contributed by atoms with E-state index in [-0.39, 0.29) is 0 Å². The maximum atomic E-state index is 6.09. The lowest BCUT2D eigenvalue weighted by molar-refractivity contribution is 0.291. The van der Waals surface area contributed by atoms with Crippen LogP contribution in [0.5, 0.6) is 0 Å². The molecule has 0 amide bonds. The van der Waals surface area contributed by atoms with E-state index in [0.717, 1.165) is 5.56 Å². The van der Waals surface area contributed by atoms with Crippen molar-refractivity contribution in [3.05, 3.63) is 35.4 Å². The van der Waals surface area contributed by atoms with Gasteiger partial charge in [0.25, 0.3) is 0 Å². The van der Waals surface area contributed by atoms with Gasteiger partial charge in [-0.2, -0.15) is 0 Å². The molecule has 1 aromatic rings. The summed E-state index contributed by atoms with van der Waals surface area (Å²) in [5.41, 5.74) is 2.13. The molecule has 0 spiro atoms. The Hall–Kier alpha value is -1.04. The number of rotatable bonds is 5. The van der Waals surface area contributed by atoms with Gasteiger partial charge in [0.05, 0.1) is 6.61 Å². The lowest BCUT2D eigenvalue weighted by Gasteiger charge is -2.24. The van der Waals surface area contributed by atoms with Crippen molar-refractivity contribution in [2.45, 2.75) is 39.6 Å². The van der Waals surface area contributed by atoms with Crippen molar-refractivity contribution in [2.75, 3.05) is 0 Å². The third kappa shape index (κ3) is 5.21. The summed E-state index contributed by atoms with van der Waals surface area (Å²) in [4.78, 5) is 0. The van der Waals surface area contributed by atoms with Crippen molar-refractivity contribution < 1.29 is 4.43 Å². The minimum Gasteiger partial charge on any atom is -0.413 e. The normalized spacial score (nSPS) is 11.5. The molecule has 0 bridgehead atoms. The molecule has 0 saturated carbocycles. The van der Waals surface area contributed by atoms with E-state index >= 15 is 0 Å². The molecule has 0 aliphatic heterocycles. The third-order valence-corrected chi connectivity index (χ3v) is 5.38. The van der Waals surface area contributed by atoms with Gasteiger partial charge in [0, 0.05) is 5.56 Å². The van der Waals surface area contributed by atoms with Crippen molar-refractivity contribution >= 4 is 8.32 Å². The zero-order valence-electron chi connectivity index (χ0n) is 11.3. The monoisotopic (exact) mass is 246 g/mol. The Balaban J connectivity index is 2.52. The largest absolute Gasteiger partial charge is 0.413 e. The van der Waals surface area contributed by atoms with E-state index in [9.17, 15) is 0 Å². The first-order chi connectivity index (χ1) is 7.93. The molecule has 1 aromatic carbocycles. The van der Waals surface area contributed by atoms with E-state index in [1.165, 1.54) is 11.6 Å². The molecule has 0 aliphatic carbocycles. The van der Waals surface area contributed by atoms with E-state index in [0.29, 0.717) is 12.5 Å². The molecule has 92 valence electrons. The van der Waals surface area contributed by atoms with Crippen molar-refractivity contribution in [1.29, 1.82) is 0 Å². The summed E-state index contributed by atoms with van der Waals surface area (Å²) >= 11 is 0. The predicted octanol–water partition coefficient (Wildman–Crippen LogP) is 4.05. The van der Waals surface area contributed by atoms with Gasteiger partial charge in [-0.25, -0.2) is 0 Å². The molecule has 17 heavy (non-hydrogen) atoms. The first-order valence-electron chi connectivity index (χ1n) is 6.12. The summed E-state index contributed by atoms with van der Waals surface area (Å²) in [6.07, 6.45) is 5.32. The van der Waals surface area contributed by atoms with Gasteiger partial charge in [0.2, 0.25) is 0 Å². The van der Waals surface area contributed by atoms with Gasteiger partial charge in [-0.1, -0.05) is 31.9 Å². The van der Waals surface area contributed by atoms with Crippen molar-refractivity contribution in [1.82, 2.24) is 0 Å². The van der Waals surface area contributed by atoms with E-state index in [4.69, 9.17) is 10.8 Å². The molecule has 1 nitrogen and oxygen atoms in total. The molecule has 2 heteroatoms. The van der Waals surface area contributed by atoms with Crippen LogP contribution in [0.15, 0.2) is 24.3 Å². The van der Waals surface area contributed by atoms with E-state index in [1.807, 2.05) is 12.1 Å². The summed E-state index contributed by atoms with van der Waals surface area (Å²) < 4.78 is 6.09. The summed E-state index contributed by atoms with van der Waals surface area (Å²) in [6, 6.07) is 9.24. The fourth-order valence-corrected chi connectivity index (χ4v) is 4.66. The van der Waals surface area contributed by atoms with Gasteiger partial charge in [0.15, 0.2) is 8.32 Å². The van der Waals surface area contributed by atoms with Crippen molar-refractivity contribution in [3.63, 3.8) is 0 Å². The topological polar surface area (TPSA) is 9.23 Å². The molecule has 0 radical (unpaired) electrons. The van der Waals surface area contributed by atoms with Crippen LogP contribution in [0.25, 0.3) is 0 Å². The Morgan fingerprint density at radius 3 is 2.29 bits per heavy atom. The van der Waals surface area contributed by atoms with Gasteiger partial charge in [-0.15, -0.1) is 6.42 Å². The van der Waals surface area contributed by atoms with Crippen LogP contribution in [0.3, 0.4) is 0 Å². The standard InChI is InChI=1S/C15H22OSi/c1-6-14-7-9-15(10-8-14)11-16-17(4,5)12-13(2)3/h1,7-10,13H,11-12H2,2-5H3. The average molecular weight is 246 g/mol. The minimum absolute atomic E-state index is 0.705. The van der Waals surface area contributed by atoms with Crippen LogP contribution in [-0.4, -0.2) is 8.32 Å². The van der Waals surface area contributed by atoms with Crippen LogP contribution < -0.4 is 0 Å². The van der Waals surface area contributed by atoms with Crippen molar-refractivity contribution in [3.8, 4) is 12.3 Å².